The molecule has 0 bridgehead atoms. The van der Waals surface area contributed by atoms with Crippen LogP contribution in [0.3, 0.4) is 0 Å². The van der Waals surface area contributed by atoms with Crippen LogP contribution in [0.2, 0.25) is 0 Å². The number of carbonyl (C=O) groups excluding carboxylic acids is 1. The third kappa shape index (κ3) is 2.42. The smallest absolute Gasteiger partial charge is 0.246 e. The lowest BCUT2D eigenvalue weighted by Gasteiger charge is -2.35. The van der Waals surface area contributed by atoms with Gasteiger partial charge in [-0.25, -0.2) is 0 Å². The molecule has 1 aromatic heterocycles. The molecule has 0 spiro atoms. The molecule has 4 heteroatoms. The largest absolute Gasteiger partial charge is 0.360 e. The van der Waals surface area contributed by atoms with Crippen LogP contribution in [0, 0.1) is 0 Å². The number of aromatic nitrogens is 1. The fraction of sp³-hybridized carbons (Fsp3) is 0.200. The molecule has 1 fully saturated rings. The van der Waals surface area contributed by atoms with Crippen LogP contribution in [-0.2, 0) is 4.79 Å². The van der Waals surface area contributed by atoms with Crippen LogP contribution in [0.25, 0.3) is 0 Å². The molecule has 2 heterocycles. The fourth-order valence-electron chi connectivity index (χ4n) is 2.33. The third-order valence-corrected chi connectivity index (χ3v) is 3.32. The van der Waals surface area contributed by atoms with Crippen molar-refractivity contribution in [1.29, 1.82) is 0 Å². The molecule has 96 valence electrons. The number of benzene rings is 1. The Morgan fingerprint density at radius 3 is 2.32 bits per heavy atom. The average molecular weight is 253 g/mol. The maximum atomic E-state index is 12.2. The number of hydrogen-bond acceptors (Lipinski definition) is 3. The van der Waals surface area contributed by atoms with Crippen molar-refractivity contribution >= 4 is 17.3 Å². The van der Waals surface area contributed by atoms with Crippen LogP contribution in [-0.4, -0.2) is 30.5 Å². The lowest BCUT2D eigenvalue weighted by atomic mass is 10.2. The van der Waals surface area contributed by atoms with Gasteiger partial charge in [-0.05, 0) is 24.3 Å². The Bertz CT molecular complexity index is 556. The molecule has 1 aromatic carbocycles. The number of para-hydroxylation sites is 1. The van der Waals surface area contributed by atoms with E-state index in [9.17, 15) is 4.79 Å². The molecular weight excluding hydrogens is 238 g/mol. The highest BCUT2D eigenvalue weighted by Crippen LogP contribution is 2.20. The average Bonchev–Trinajstić information content (AvgIpc) is 2.49. The highest BCUT2D eigenvalue weighted by Gasteiger charge is 2.24. The molecule has 0 radical (unpaired) electrons. The summed E-state index contributed by atoms with van der Waals surface area (Å²) in [4.78, 5) is 20.2. The van der Waals surface area contributed by atoms with Crippen LogP contribution in [0.15, 0.2) is 54.9 Å². The van der Waals surface area contributed by atoms with Crippen molar-refractivity contribution in [1.82, 2.24) is 4.98 Å². The third-order valence-electron chi connectivity index (χ3n) is 3.32. The quantitative estimate of drug-likeness (QED) is 0.820. The first-order chi connectivity index (χ1) is 9.34. The summed E-state index contributed by atoms with van der Waals surface area (Å²) in [5.74, 6) is 0.134. The van der Waals surface area contributed by atoms with E-state index >= 15 is 0 Å². The zero-order valence-electron chi connectivity index (χ0n) is 10.6. The van der Waals surface area contributed by atoms with E-state index in [1.165, 1.54) is 0 Å². The summed E-state index contributed by atoms with van der Waals surface area (Å²) in [5.41, 5.74) is 2.03. The van der Waals surface area contributed by atoms with E-state index < -0.39 is 0 Å². The first-order valence-electron chi connectivity index (χ1n) is 6.35. The van der Waals surface area contributed by atoms with Gasteiger partial charge in [-0.3, -0.25) is 9.78 Å². The van der Waals surface area contributed by atoms with E-state index in [4.69, 9.17) is 0 Å². The van der Waals surface area contributed by atoms with Gasteiger partial charge in [0, 0.05) is 36.9 Å². The zero-order chi connectivity index (χ0) is 13.1. The standard InChI is InChI=1S/C15H15N3O/c19-15-12-17(13-6-8-16-9-7-13)10-11-18(15)14-4-2-1-3-5-14/h1-9H,10-12H2. The van der Waals surface area contributed by atoms with E-state index in [1.54, 1.807) is 12.4 Å². The lowest BCUT2D eigenvalue weighted by Crippen LogP contribution is -2.50. The Balaban J connectivity index is 1.75. The normalized spacial score (nSPS) is 15.7. The number of nitrogens with zero attached hydrogens (tertiary/aromatic N) is 3. The van der Waals surface area contributed by atoms with Crippen molar-refractivity contribution in [2.45, 2.75) is 0 Å². The SMILES string of the molecule is O=C1CN(c2ccncc2)CCN1c1ccccc1. The summed E-state index contributed by atoms with van der Waals surface area (Å²) in [6.45, 7) is 1.97. The molecule has 0 unspecified atom stereocenters. The number of hydrogen-bond donors (Lipinski definition) is 0. The maximum absolute atomic E-state index is 12.2. The Kier molecular flexibility index (Phi) is 3.14. The van der Waals surface area contributed by atoms with Crippen molar-refractivity contribution in [3.05, 3.63) is 54.9 Å². The summed E-state index contributed by atoms with van der Waals surface area (Å²) in [7, 11) is 0. The number of pyridine rings is 1. The summed E-state index contributed by atoms with van der Waals surface area (Å²) in [6, 6.07) is 13.7. The minimum absolute atomic E-state index is 0.134. The number of piperazine rings is 1. The predicted octanol–water partition coefficient (Wildman–Crippen LogP) is 1.93. The first-order valence-corrected chi connectivity index (χ1v) is 6.35. The van der Waals surface area contributed by atoms with Crippen LogP contribution in [0.5, 0.6) is 0 Å². The monoisotopic (exact) mass is 253 g/mol. The second-order valence-corrected chi connectivity index (χ2v) is 4.51. The predicted molar refractivity (Wildman–Crippen MR) is 75.2 cm³/mol. The summed E-state index contributed by atoms with van der Waals surface area (Å²) in [5, 5.41) is 0. The van der Waals surface area contributed by atoms with Crippen LogP contribution < -0.4 is 9.80 Å². The Morgan fingerprint density at radius 1 is 0.895 bits per heavy atom. The molecule has 1 saturated heterocycles. The van der Waals surface area contributed by atoms with E-state index in [1.807, 2.05) is 47.4 Å². The summed E-state index contributed by atoms with van der Waals surface area (Å²) < 4.78 is 0. The number of amides is 1. The number of carbonyl (C=O) groups is 1. The topological polar surface area (TPSA) is 36.4 Å². The van der Waals surface area contributed by atoms with Gasteiger partial charge in [0.05, 0.1) is 6.54 Å². The molecule has 1 aliphatic rings. The molecule has 0 aliphatic carbocycles. The Hall–Kier alpha value is -2.36. The molecule has 1 amide bonds. The van der Waals surface area contributed by atoms with Crippen molar-refractivity contribution in [3.63, 3.8) is 0 Å². The molecule has 0 N–H and O–H groups in total. The highest BCUT2D eigenvalue weighted by molar-refractivity contribution is 5.97. The second-order valence-electron chi connectivity index (χ2n) is 4.51. The van der Waals surface area contributed by atoms with Gasteiger partial charge < -0.3 is 9.80 Å². The molecular formula is C15H15N3O. The minimum Gasteiger partial charge on any atom is -0.360 e. The van der Waals surface area contributed by atoms with Gasteiger partial charge in [-0.2, -0.15) is 0 Å². The lowest BCUT2D eigenvalue weighted by molar-refractivity contribution is -0.117. The number of rotatable bonds is 2. The fourth-order valence-corrected chi connectivity index (χ4v) is 2.33. The van der Waals surface area contributed by atoms with Crippen molar-refractivity contribution < 1.29 is 4.79 Å². The highest BCUT2D eigenvalue weighted by atomic mass is 16.2. The molecule has 0 atom stereocenters. The zero-order valence-corrected chi connectivity index (χ0v) is 10.6. The maximum Gasteiger partial charge on any atom is 0.246 e. The minimum atomic E-state index is 0.134. The molecule has 4 nitrogen and oxygen atoms in total. The van der Waals surface area contributed by atoms with Gasteiger partial charge in [0.2, 0.25) is 5.91 Å². The molecule has 3 rings (SSSR count). The van der Waals surface area contributed by atoms with Gasteiger partial charge in [0.15, 0.2) is 0 Å². The second kappa shape index (κ2) is 5.10. The van der Waals surface area contributed by atoms with Crippen molar-refractivity contribution in [2.75, 3.05) is 29.4 Å². The van der Waals surface area contributed by atoms with Crippen molar-refractivity contribution in [3.8, 4) is 0 Å². The van der Waals surface area contributed by atoms with Gasteiger partial charge in [0.1, 0.15) is 0 Å². The van der Waals surface area contributed by atoms with E-state index in [-0.39, 0.29) is 5.91 Å². The molecule has 0 saturated carbocycles. The van der Waals surface area contributed by atoms with Crippen LogP contribution in [0.1, 0.15) is 0 Å². The summed E-state index contributed by atoms with van der Waals surface area (Å²) >= 11 is 0. The van der Waals surface area contributed by atoms with Gasteiger partial charge >= 0.3 is 0 Å². The van der Waals surface area contributed by atoms with E-state index in [2.05, 4.69) is 9.88 Å². The van der Waals surface area contributed by atoms with Gasteiger partial charge in [-0.1, -0.05) is 18.2 Å². The molecule has 1 aliphatic heterocycles. The van der Waals surface area contributed by atoms with Gasteiger partial charge in [-0.15, -0.1) is 0 Å². The van der Waals surface area contributed by atoms with Crippen LogP contribution >= 0.6 is 0 Å². The molecule has 2 aromatic rings. The van der Waals surface area contributed by atoms with Crippen LogP contribution in [0.4, 0.5) is 11.4 Å². The Labute approximate surface area is 112 Å². The van der Waals surface area contributed by atoms with Crippen molar-refractivity contribution in [2.24, 2.45) is 0 Å². The summed E-state index contributed by atoms with van der Waals surface area (Å²) in [6.07, 6.45) is 3.51. The molecule has 19 heavy (non-hydrogen) atoms. The first kappa shape index (κ1) is 11.7. The van der Waals surface area contributed by atoms with E-state index in [0.717, 1.165) is 17.9 Å². The van der Waals surface area contributed by atoms with E-state index in [0.29, 0.717) is 13.1 Å². The van der Waals surface area contributed by atoms with Gasteiger partial charge in [0.25, 0.3) is 0 Å². The Morgan fingerprint density at radius 2 is 1.63 bits per heavy atom. The number of anilines is 2.